The molecule has 1 fully saturated rings. The third kappa shape index (κ3) is 3.04. The summed E-state index contributed by atoms with van der Waals surface area (Å²) >= 11 is 0. The third-order valence-corrected chi connectivity index (χ3v) is 1.52. The van der Waals surface area contributed by atoms with E-state index in [-0.39, 0.29) is 24.9 Å². The van der Waals surface area contributed by atoms with Gasteiger partial charge in [0.1, 0.15) is 6.54 Å². The molecule has 0 aromatic carbocycles. The molecule has 1 rings (SSSR count). The van der Waals surface area contributed by atoms with Crippen molar-refractivity contribution in [3.8, 4) is 0 Å². The number of nitrogens with zero attached hydrogens (tertiary/aromatic N) is 1. The molecule has 14 heavy (non-hydrogen) atoms. The Balaban J connectivity index is 0.000000791. The van der Waals surface area contributed by atoms with E-state index < -0.39 is 6.03 Å². The molecule has 0 aromatic rings. The van der Waals surface area contributed by atoms with E-state index in [4.69, 9.17) is 0 Å². The quantitative estimate of drug-likeness (QED) is 0.580. The van der Waals surface area contributed by atoms with E-state index in [1.165, 1.54) is 7.05 Å². The van der Waals surface area contributed by atoms with Gasteiger partial charge in [-0.3, -0.25) is 14.5 Å². The number of imide groups is 1. The van der Waals surface area contributed by atoms with Crippen LogP contribution in [0.25, 0.3) is 0 Å². The molecule has 1 saturated heterocycles. The Morgan fingerprint density at radius 2 is 2.07 bits per heavy atom. The molecule has 0 spiro atoms. The largest absolute Gasteiger partial charge is 0.358 e. The van der Waals surface area contributed by atoms with Crippen LogP contribution in [0.5, 0.6) is 0 Å². The molecule has 80 valence electrons. The highest BCUT2D eigenvalue weighted by Crippen LogP contribution is 1.97. The summed E-state index contributed by atoms with van der Waals surface area (Å²) in [6.07, 6.45) is 0. The zero-order valence-corrected chi connectivity index (χ0v) is 8.59. The Kier molecular flexibility index (Phi) is 5.28. The van der Waals surface area contributed by atoms with Crippen molar-refractivity contribution in [2.24, 2.45) is 0 Å². The van der Waals surface area contributed by atoms with Crippen LogP contribution in [0.2, 0.25) is 0 Å². The van der Waals surface area contributed by atoms with E-state index in [2.05, 4.69) is 10.6 Å². The van der Waals surface area contributed by atoms with Gasteiger partial charge in [-0.1, -0.05) is 13.8 Å². The third-order valence-electron chi connectivity index (χ3n) is 1.52. The van der Waals surface area contributed by atoms with E-state index in [9.17, 15) is 14.4 Å². The average Bonchev–Trinajstić information content (AvgIpc) is 2.52. The molecule has 0 atom stereocenters. The number of likely N-dealkylation sites (N-methyl/N-ethyl adjacent to an activating group) is 1. The Hall–Kier alpha value is -1.59. The molecule has 1 aliphatic heterocycles. The van der Waals surface area contributed by atoms with Gasteiger partial charge in [0.05, 0.1) is 6.54 Å². The summed E-state index contributed by atoms with van der Waals surface area (Å²) in [5.74, 6) is -0.732. The van der Waals surface area contributed by atoms with Crippen molar-refractivity contribution < 1.29 is 14.4 Å². The predicted molar refractivity (Wildman–Crippen MR) is 50.5 cm³/mol. The second kappa shape index (κ2) is 5.95. The fourth-order valence-corrected chi connectivity index (χ4v) is 0.838. The lowest BCUT2D eigenvalue weighted by atomic mass is 10.5. The van der Waals surface area contributed by atoms with Gasteiger partial charge >= 0.3 is 6.03 Å². The number of carbonyl (C=O) groups is 3. The normalized spacial score (nSPS) is 14.4. The summed E-state index contributed by atoms with van der Waals surface area (Å²) in [6, 6.07) is -0.511. The van der Waals surface area contributed by atoms with Crippen molar-refractivity contribution in [1.29, 1.82) is 0 Å². The fourth-order valence-electron chi connectivity index (χ4n) is 0.838. The van der Waals surface area contributed by atoms with Crippen molar-refractivity contribution in [2.45, 2.75) is 13.8 Å². The van der Waals surface area contributed by atoms with Crippen molar-refractivity contribution in [1.82, 2.24) is 15.5 Å². The number of urea groups is 1. The summed E-state index contributed by atoms with van der Waals surface area (Å²) in [5.41, 5.74) is 0. The van der Waals surface area contributed by atoms with E-state index >= 15 is 0 Å². The van der Waals surface area contributed by atoms with Gasteiger partial charge in [0, 0.05) is 7.05 Å². The van der Waals surface area contributed by atoms with Gasteiger partial charge in [-0.05, 0) is 0 Å². The first-order valence-electron chi connectivity index (χ1n) is 4.44. The summed E-state index contributed by atoms with van der Waals surface area (Å²) in [5, 5.41) is 4.63. The summed E-state index contributed by atoms with van der Waals surface area (Å²) in [6.45, 7) is 3.77. The number of hydrogen-bond acceptors (Lipinski definition) is 3. The Morgan fingerprint density at radius 3 is 2.43 bits per heavy atom. The second-order valence-corrected chi connectivity index (χ2v) is 2.31. The average molecular weight is 201 g/mol. The number of hydrogen-bond donors (Lipinski definition) is 2. The minimum Gasteiger partial charge on any atom is -0.358 e. The lowest BCUT2D eigenvalue weighted by Crippen LogP contribution is -2.39. The molecule has 0 bridgehead atoms. The monoisotopic (exact) mass is 201 g/mol. The van der Waals surface area contributed by atoms with Gasteiger partial charge < -0.3 is 10.6 Å². The molecular weight excluding hydrogens is 186 g/mol. The number of nitrogens with one attached hydrogen (secondary N) is 2. The van der Waals surface area contributed by atoms with Crippen LogP contribution in [0.1, 0.15) is 13.8 Å². The minimum atomic E-state index is -0.511. The molecule has 1 heterocycles. The van der Waals surface area contributed by atoms with Crippen LogP contribution in [0, 0.1) is 0 Å². The van der Waals surface area contributed by atoms with E-state index in [0.717, 1.165) is 4.90 Å². The molecule has 6 heteroatoms. The van der Waals surface area contributed by atoms with Gasteiger partial charge in [-0.15, -0.1) is 0 Å². The van der Waals surface area contributed by atoms with Crippen molar-refractivity contribution in [3.63, 3.8) is 0 Å². The van der Waals surface area contributed by atoms with E-state index in [0.29, 0.717) is 0 Å². The predicted octanol–water partition coefficient (Wildman–Crippen LogP) is -0.690. The molecular formula is C8H15N3O3. The van der Waals surface area contributed by atoms with Crippen LogP contribution < -0.4 is 10.6 Å². The number of rotatable bonds is 2. The standard InChI is InChI=1S/C6H9N3O3.C2H6/c1-7-4(10)3-9-5(11)2-8-6(9)12;1-2/h2-3H2,1H3,(H,7,10)(H,8,12);1-2H3. The second-order valence-electron chi connectivity index (χ2n) is 2.31. The van der Waals surface area contributed by atoms with Gasteiger partial charge in [0.25, 0.3) is 5.91 Å². The SMILES string of the molecule is CC.CNC(=O)CN1C(=O)CNC1=O. The highest BCUT2D eigenvalue weighted by molar-refractivity contribution is 6.04. The molecule has 4 amide bonds. The van der Waals surface area contributed by atoms with Crippen LogP contribution in [-0.4, -0.2) is 42.9 Å². The van der Waals surface area contributed by atoms with Gasteiger partial charge in [-0.25, -0.2) is 4.79 Å². The molecule has 0 aliphatic carbocycles. The van der Waals surface area contributed by atoms with Crippen LogP contribution >= 0.6 is 0 Å². The first-order valence-corrected chi connectivity index (χ1v) is 4.44. The Bertz CT molecular complexity index is 224. The maximum Gasteiger partial charge on any atom is 0.325 e. The van der Waals surface area contributed by atoms with Gasteiger partial charge in [-0.2, -0.15) is 0 Å². The minimum absolute atomic E-state index is 0.0180. The van der Waals surface area contributed by atoms with E-state index in [1.54, 1.807) is 0 Å². The molecule has 0 saturated carbocycles. The number of amides is 4. The molecule has 2 N–H and O–H groups in total. The van der Waals surface area contributed by atoms with Crippen LogP contribution in [-0.2, 0) is 9.59 Å². The molecule has 0 aromatic heterocycles. The highest BCUT2D eigenvalue weighted by Gasteiger charge is 2.29. The maximum atomic E-state index is 10.9. The Morgan fingerprint density at radius 1 is 1.50 bits per heavy atom. The van der Waals surface area contributed by atoms with Crippen LogP contribution in [0.4, 0.5) is 4.79 Å². The Labute approximate surface area is 82.6 Å². The smallest absolute Gasteiger partial charge is 0.325 e. The molecule has 1 aliphatic rings. The fraction of sp³-hybridized carbons (Fsp3) is 0.625. The topological polar surface area (TPSA) is 78.5 Å². The van der Waals surface area contributed by atoms with Crippen molar-refractivity contribution in [2.75, 3.05) is 20.1 Å². The lowest BCUT2D eigenvalue weighted by molar-refractivity contribution is -0.130. The zero-order valence-electron chi connectivity index (χ0n) is 8.59. The first-order chi connectivity index (χ1) is 6.65. The highest BCUT2D eigenvalue weighted by atomic mass is 16.2. The molecule has 0 radical (unpaired) electrons. The summed E-state index contributed by atoms with van der Waals surface area (Å²) < 4.78 is 0. The molecule has 0 unspecified atom stereocenters. The maximum absolute atomic E-state index is 10.9. The van der Waals surface area contributed by atoms with E-state index in [1.807, 2.05) is 13.8 Å². The van der Waals surface area contributed by atoms with Crippen LogP contribution in [0.3, 0.4) is 0 Å². The van der Waals surface area contributed by atoms with Crippen molar-refractivity contribution in [3.05, 3.63) is 0 Å². The molecule has 6 nitrogen and oxygen atoms in total. The zero-order chi connectivity index (χ0) is 11.1. The first kappa shape index (κ1) is 12.4. The number of carbonyl (C=O) groups excluding carboxylic acids is 3. The van der Waals surface area contributed by atoms with Gasteiger partial charge in [0.15, 0.2) is 0 Å². The summed E-state index contributed by atoms with van der Waals surface area (Å²) in [4.78, 5) is 33.4. The van der Waals surface area contributed by atoms with Gasteiger partial charge in [0.2, 0.25) is 5.91 Å². The van der Waals surface area contributed by atoms with Crippen molar-refractivity contribution >= 4 is 17.8 Å². The van der Waals surface area contributed by atoms with Crippen LogP contribution in [0.15, 0.2) is 0 Å². The lowest BCUT2D eigenvalue weighted by Gasteiger charge is -2.09. The summed E-state index contributed by atoms with van der Waals surface area (Å²) in [7, 11) is 1.45.